The summed E-state index contributed by atoms with van der Waals surface area (Å²) >= 11 is 5.97. The molecular weight excluding hydrogens is 316 g/mol. The Bertz CT molecular complexity index is 502. The molecule has 1 heterocycles. The van der Waals surface area contributed by atoms with E-state index in [4.69, 9.17) is 21.1 Å². The Labute approximate surface area is 142 Å². The maximum absolute atomic E-state index is 11.8. The molecule has 2 rings (SSSR count). The number of ether oxygens (including phenoxy) is 2. The van der Waals surface area contributed by atoms with Crippen LogP contribution in [0.5, 0.6) is 5.75 Å². The predicted molar refractivity (Wildman–Crippen MR) is 91.0 cm³/mol. The van der Waals surface area contributed by atoms with Crippen LogP contribution in [-0.2, 0) is 9.53 Å². The van der Waals surface area contributed by atoms with Gasteiger partial charge in [0.2, 0.25) is 0 Å². The first-order valence-corrected chi connectivity index (χ1v) is 8.44. The van der Waals surface area contributed by atoms with Crippen LogP contribution in [0.25, 0.3) is 0 Å². The number of nitrogens with zero attached hydrogens (tertiary/aromatic N) is 1. The fraction of sp³-hybridized carbons (Fsp3) is 0.588. The van der Waals surface area contributed by atoms with Crippen molar-refractivity contribution < 1.29 is 14.3 Å². The van der Waals surface area contributed by atoms with Gasteiger partial charge >= 0.3 is 0 Å². The molecule has 0 aliphatic carbocycles. The fourth-order valence-electron chi connectivity index (χ4n) is 2.75. The Kier molecular flexibility index (Phi) is 7.15. The fourth-order valence-corrected chi connectivity index (χ4v) is 2.94. The summed E-state index contributed by atoms with van der Waals surface area (Å²) in [7, 11) is 0. The Morgan fingerprint density at radius 2 is 2.04 bits per heavy atom. The number of carbonyl (C=O) groups excluding carboxylic acids is 1. The van der Waals surface area contributed by atoms with E-state index in [-0.39, 0.29) is 24.7 Å². The Morgan fingerprint density at radius 3 is 2.74 bits per heavy atom. The van der Waals surface area contributed by atoms with E-state index in [2.05, 4.69) is 24.1 Å². The molecule has 1 fully saturated rings. The summed E-state index contributed by atoms with van der Waals surface area (Å²) in [5, 5.41) is 3.38. The third-order valence-corrected chi connectivity index (χ3v) is 3.98. The molecule has 5 nitrogen and oxygen atoms in total. The highest BCUT2D eigenvalue weighted by molar-refractivity contribution is 6.32. The lowest BCUT2D eigenvalue weighted by Gasteiger charge is -2.35. The van der Waals surface area contributed by atoms with Gasteiger partial charge in [-0.15, -0.1) is 0 Å². The molecular formula is C17H25ClN2O3. The number of benzene rings is 1. The number of nitrogens with one attached hydrogen (secondary N) is 1. The molecule has 0 spiro atoms. The van der Waals surface area contributed by atoms with E-state index in [1.807, 2.05) is 12.1 Å². The van der Waals surface area contributed by atoms with Crippen LogP contribution in [0.2, 0.25) is 5.02 Å². The van der Waals surface area contributed by atoms with Gasteiger partial charge in [0.05, 0.1) is 17.2 Å². The van der Waals surface area contributed by atoms with Crippen molar-refractivity contribution in [3.63, 3.8) is 0 Å². The molecule has 0 radical (unpaired) electrons. The topological polar surface area (TPSA) is 50.8 Å². The van der Waals surface area contributed by atoms with Gasteiger partial charge < -0.3 is 14.8 Å². The van der Waals surface area contributed by atoms with Crippen molar-refractivity contribution in [2.24, 2.45) is 0 Å². The van der Waals surface area contributed by atoms with Gasteiger partial charge in [0, 0.05) is 26.2 Å². The number of morpholine rings is 1. The number of para-hydroxylation sites is 1. The standard InChI is InChI=1S/C17H25ClN2O3/c1-13-10-20(11-14(2)23-13)9-5-8-19-17(21)12-22-16-7-4-3-6-15(16)18/h3-4,6-7,13-14H,5,8-12H2,1-2H3,(H,19,21). The molecule has 1 aromatic carbocycles. The highest BCUT2D eigenvalue weighted by atomic mass is 35.5. The van der Waals surface area contributed by atoms with Gasteiger partial charge in [0.15, 0.2) is 6.61 Å². The molecule has 1 N–H and O–H groups in total. The van der Waals surface area contributed by atoms with Crippen LogP contribution in [0.4, 0.5) is 0 Å². The van der Waals surface area contributed by atoms with Gasteiger partial charge in [0.25, 0.3) is 5.91 Å². The van der Waals surface area contributed by atoms with Crippen molar-refractivity contribution in [1.29, 1.82) is 0 Å². The minimum atomic E-state index is -0.131. The average molecular weight is 341 g/mol. The van der Waals surface area contributed by atoms with E-state index < -0.39 is 0 Å². The van der Waals surface area contributed by atoms with E-state index in [1.54, 1.807) is 12.1 Å². The largest absolute Gasteiger partial charge is 0.482 e. The summed E-state index contributed by atoms with van der Waals surface area (Å²) < 4.78 is 11.1. The normalized spacial score (nSPS) is 21.9. The Morgan fingerprint density at radius 1 is 1.35 bits per heavy atom. The first kappa shape index (κ1) is 18.0. The van der Waals surface area contributed by atoms with Crippen molar-refractivity contribution in [3.05, 3.63) is 29.3 Å². The van der Waals surface area contributed by atoms with Crippen LogP contribution in [0.15, 0.2) is 24.3 Å². The minimum absolute atomic E-state index is 0.0185. The lowest BCUT2D eigenvalue weighted by molar-refractivity contribution is -0.123. The van der Waals surface area contributed by atoms with Crippen molar-refractivity contribution >= 4 is 17.5 Å². The first-order chi connectivity index (χ1) is 11.0. The molecule has 2 atom stereocenters. The highest BCUT2D eigenvalue weighted by Gasteiger charge is 2.21. The third kappa shape index (κ3) is 6.37. The molecule has 0 bridgehead atoms. The van der Waals surface area contributed by atoms with Crippen LogP contribution in [-0.4, -0.2) is 55.8 Å². The summed E-state index contributed by atoms with van der Waals surface area (Å²) in [6.07, 6.45) is 1.46. The summed E-state index contributed by atoms with van der Waals surface area (Å²) in [6, 6.07) is 7.13. The smallest absolute Gasteiger partial charge is 0.257 e. The second-order valence-electron chi connectivity index (χ2n) is 5.94. The molecule has 2 unspecified atom stereocenters. The number of hydrogen-bond acceptors (Lipinski definition) is 4. The number of amides is 1. The maximum atomic E-state index is 11.8. The Balaban J connectivity index is 1.59. The number of rotatable bonds is 7. The monoisotopic (exact) mass is 340 g/mol. The van der Waals surface area contributed by atoms with Gasteiger partial charge in [0.1, 0.15) is 5.75 Å². The van der Waals surface area contributed by atoms with E-state index >= 15 is 0 Å². The van der Waals surface area contributed by atoms with Gasteiger partial charge in [-0.05, 0) is 32.4 Å². The lowest BCUT2D eigenvalue weighted by Crippen LogP contribution is -2.46. The zero-order chi connectivity index (χ0) is 16.7. The van der Waals surface area contributed by atoms with Crippen LogP contribution in [0.3, 0.4) is 0 Å². The molecule has 23 heavy (non-hydrogen) atoms. The zero-order valence-corrected chi connectivity index (χ0v) is 14.5. The molecule has 1 amide bonds. The predicted octanol–water partition coefficient (Wildman–Crippen LogP) is 2.33. The molecule has 1 aliphatic rings. The molecule has 1 aliphatic heterocycles. The summed E-state index contributed by atoms with van der Waals surface area (Å²) in [4.78, 5) is 14.2. The molecule has 0 saturated carbocycles. The van der Waals surface area contributed by atoms with Crippen molar-refractivity contribution in [2.45, 2.75) is 32.5 Å². The van der Waals surface area contributed by atoms with Crippen molar-refractivity contribution in [1.82, 2.24) is 10.2 Å². The molecule has 0 aromatic heterocycles. The lowest BCUT2D eigenvalue weighted by atomic mass is 10.2. The summed E-state index contributed by atoms with van der Waals surface area (Å²) in [6.45, 7) is 7.68. The van der Waals surface area contributed by atoms with E-state index in [9.17, 15) is 4.79 Å². The van der Waals surface area contributed by atoms with Gasteiger partial charge in [-0.25, -0.2) is 0 Å². The van der Waals surface area contributed by atoms with Gasteiger partial charge in [-0.2, -0.15) is 0 Å². The van der Waals surface area contributed by atoms with E-state index in [0.29, 0.717) is 17.3 Å². The maximum Gasteiger partial charge on any atom is 0.257 e. The quantitative estimate of drug-likeness (QED) is 0.774. The first-order valence-electron chi connectivity index (χ1n) is 8.06. The second kappa shape index (κ2) is 9.11. The molecule has 1 saturated heterocycles. The van der Waals surface area contributed by atoms with E-state index in [0.717, 1.165) is 26.1 Å². The van der Waals surface area contributed by atoms with Crippen LogP contribution < -0.4 is 10.1 Å². The van der Waals surface area contributed by atoms with Gasteiger partial charge in [-0.1, -0.05) is 23.7 Å². The average Bonchev–Trinajstić information content (AvgIpc) is 2.50. The van der Waals surface area contributed by atoms with Crippen molar-refractivity contribution in [2.75, 3.05) is 32.8 Å². The third-order valence-electron chi connectivity index (χ3n) is 3.66. The minimum Gasteiger partial charge on any atom is -0.482 e. The van der Waals surface area contributed by atoms with Crippen molar-refractivity contribution in [3.8, 4) is 5.75 Å². The number of hydrogen-bond donors (Lipinski definition) is 1. The molecule has 6 heteroatoms. The Hall–Kier alpha value is -1.30. The van der Waals surface area contributed by atoms with Crippen LogP contribution >= 0.6 is 11.6 Å². The summed E-state index contributed by atoms with van der Waals surface area (Å²) in [5.74, 6) is 0.397. The zero-order valence-electron chi connectivity index (χ0n) is 13.8. The van der Waals surface area contributed by atoms with Crippen LogP contribution in [0, 0.1) is 0 Å². The number of carbonyl (C=O) groups is 1. The van der Waals surface area contributed by atoms with Crippen LogP contribution in [0.1, 0.15) is 20.3 Å². The SMILES string of the molecule is CC1CN(CCCNC(=O)COc2ccccc2Cl)CC(C)O1. The molecule has 128 valence electrons. The highest BCUT2D eigenvalue weighted by Crippen LogP contribution is 2.22. The van der Waals surface area contributed by atoms with Gasteiger partial charge in [-0.3, -0.25) is 9.69 Å². The number of halogens is 1. The summed E-state index contributed by atoms with van der Waals surface area (Å²) in [5.41, 5.74) is 0. The van der Waals surface area contributed by atoms with E-state index in [1.165, 1.54) is 0 Å². The molecule has 1 aromatic rings. The second-order valence-corrected chi connectivity index (χ2v) is 6.35.